The van der Waals surface area contributed by atoms with E-state index in [1.54, 1.807) is 4.90 Å². The van der Waals surface area contributed by atoms with Crippen molar-refractivity contribution in [2.24, 2.45) is 0 Å². The van der Waals surface area contributed by atoms with Gasteiger partial charge in [0, 0.05) is 13.6 Å². The zero-order valence-corrected chi connectivity index (χ0v) is 10.7. The molecule has 0 radical (unpaired) electrons. The summed E-state index contributed by atoms with van der Waals surface area (Å²) in [5, 5.41) is 0. The molecule has 1 rings (SSSR count). The first kappa shape index (κ1) is 13.6. The second-order valence-electron chi connectivity index (χ2n) is 4.08. The van der Waals surface area contributed by atoms with Crippen molar-refractivity contribution in [1.29, 1.82) is 0 Å². The van der Waals surface area contributed by atoms with Gasteiger partial charge in [0.05, 0.1) is 13.0 Å². The van der Waals surface area contributed by atoms with Crippen LogP contribution in [0.5, 0.6) is 5.75 Å². The van der Waals surface area contributed by atoms with E-state index in [1.807, 2.05) is 37.4 Å². The lowest BCUT2D eigenvalue weighted by Crippen LogP contribution is -2.28. The molecule has 17 heavy (non-hydrogen) atoms. The van der Waals surface area contributed by atoms with Crippen molar-refractivity contribution in [2.45, 2.75) is 26.2 Å². The van der Waals surface area contributed by atoms with Crippen LogP contribution in [0.15, 0.2) is 30.3 Å². The normalized spacial score (nSPS) is 10.0. The highest BCUT2D eigenvalue weighted by Gasteiger charge is 2.07. The van der Waals surface area contributed by atoms with E-state index in [0.717, 1.165) is 25.1 Å². The van der Waals surface area contributed by atoms with Crippen LogP contribution in [0.3, 0.4) is 0 Å². The highest BCUT2D eigenvalue weighted by atomic mass is 16.5. The number of para-hydroxylation sites is 1. The van der Waals surface area contributed by atoms with Crippen LogP contribution in [0.25, 0.3) is 0 Å². The smallest absolute Gasteiger partial charge is 0.225 e. The summed E-state index contributed by atoms with van der Waals surface area (Å²) >= 11 is 0. The number of benzene rings is 1. The molecule has 0 aliphatic carbocycles. The Morgan fingerprint density at radius 1 is 1.29 bits per heavy atom. The molecule has 1 amide bonds. The first-order valence-electron chi connectivity index (χ1n) is 6.16. The lowest BCUT2D eigenvalue weighted by atomic mass is 10.3. The largest absolute Gasteiger partial charge is 0.493 e. The molecule has 0 N–H and O–H groups in total. The number of nitrogens with zero attached hydrogens (tertiary/aromatic N) is 1. The quantitative estimate of drug-likeness (QED) is 0.727. The Kier molecular flexibility index (Phi) is 6.15. The molecular weight excluding hydrogens is 214 g/mol. The average molecular weight is 235 g/mol. The van der Waals surface area contributed by atoms with Gasteiger partial charge in [0.2, 0.25) is 5.91 Å². The van der Waals surface area contributed by atoms with Gasteiger partial charge < -0.3 is 9.64 Å². The number of unbranched alkanes of at least 4 members (excludes halogenated alkanes) is 1. The number of rotatable bonds is 7. The monoisotopic (exact) mass is 235 g/mol. The van der Waals surface area contributed by atoms with Crippen LogP contribution in [-0.4, -0.2) is 31.0 Å². The highest BCUT2D eigenvalue weighted by molar-refractivity contribution is 5.75. The van der Waals surface area contributed by atoms with Crippen molar-refractivity contribution in [3.05, 3.63) is 30.3 Å². The van der Waals surface area contributed by atoms with Gasteiger partial charge >= 0.3 is 0 Å². The van der Waals surface area contributed by atoms with Gasteiger partial charge in [-0.25, -0.2) is 0 Å². The Bertz CT molecular complexity index is 324. The number of amides is 1. The molecule has 0 spiro atoms. The van der Waals surface area contributed by atoms with Crippen molar-refractivity contribution < 1.29 is 9.53 Å². The van der Waals surface area contributed by atoms with E-state index in [9.17, 15) is 4.79 Å². The maximum Gasteiger partial charge on any atom is 0.225 e. The fourth-order valence-electron chi connectivity index (χ4n) is 1.48. The third kappa shape index (κ3) is 5.38. The predicted octanol–water partition coefficient (Wildman–Crippen LogP) is 2.71. The number of hydrogen-bond donors (Lipinski definition) is 0. The van der Waals surface area contributed by atoms with E-state index in [2.05, 4.69) is 6.92 Å². The Hall–Kier alpha value is -1.51. The summed E-state index contributed by atoms with van der Waals surface area (Å²) in [4.78, 5) is 13.5. The summed E-state index contributed by atoms with van der Waals surface area (Å²) in [7, 11) is 1.85. The molecule has 0 saturated carbocycles. The van der Waals surface area contributed by atoms with Crippen LogP contribution in [-0.2, 0) is 4.79 Å². The fraction of sp³-hybridized carbons (Fsp3) is 0.500. The molecule has 0 aromatic heterocycles. The summed E-state index contributed by atoms with van der Waals surface area (Å²) in [6.45, 7) is 3.40. The molecule has 3 nitrogen and oxygen atoms in total. The Balaban J connectivity index is 2.20. The SMILES string of the molecule is CCCCN(C)C(=O)CCOc1ccccc1. The maximum atomic E-state index is 11.7. The van der Waals surface area contributed by atoms with E-state index in [4.69, 9.17) is 4.74 Å². The third-order valence-electron chi connectivity index (χ3n) is 2.60. The van der Waals surface area contributed by atoms with Gasteiger partial charge in [-0.1, -0.05) is 31.5 Å². The topological polar surface area (TPSA) is 29.5 Å². The molecule has 0 heterocycles. The molecule has 0 aliphatic heterocycles. The molecule has 0 fully saturated rings. The van der Waals surface area contributed by atoms with Crippen LogP contribution in [0, 0.1) is 0 Å². The Morgan fingerprint density at radius 2 is 2.00 bits per heavy atom. The lowest BCUT2D eigenvalue weighted by Gasteiger charge is -2.16. The van der Waals surface area contributed by atoms with E-state index in [-0.39, 0.29) is 5.91 Å². The number of carbonyl (C=O) groups is 1. The van der Waals surface area contributed by atoms with E-state index < -0.39 is 0 Å². The molecule has 94 valence electrons. The molecule has 0 unspecified atom stereocenters. The van der Waals surface area contributed by atoms with Crippen molar-refractivity contribution in [2.75, 3.05) is 20.2 Å². The van der Waals surface area contributed by atoms with Gasteiger partial charge in [-0.3, -0.25) is 4.79 Å². The summed E-state index contributed by atoms with van der Waals surface area (Å²) in [5.74, 6) is 0.964. The summed E-state index contributed by atoms with van der Waals surface area (Å²) in [6, 6.07) is 9.57. The molecule has 0 atom stereocenters. The maximum absolute atomic E-state index is 11.7. The van der Waals surface area contributed by atoms with Gasteiger partial charge in [0.1, 0.15) is 5.75 Å². The lowest BCUT2D eigenvalue weighted by molar-refractivity contribution is -0.130. The minimum Gasteiger partial charge on any atom is -0.493 e. The molecule has 0 saturated heterocycles. The molecule has 1 aromatic carbocycles. The van der Waals surface area contributed by atoms with Gasteiger partial charge in [-0.2, -0.15) is 0 Å². The summed E-state index contributed by atoms with van der Waals surface area (Å²) < 4.78 is 5.48. The van der Waals surface area contributed by atoms with Crippen molar-refractivity contribution >= 4 is 5.91 Å². The van der Waals surface area contributed by atoms with Crippen LogP contribution in [0.2, 0.25) is 0 Å². The molecule has 3 heteroatoms. The second-order valence-corrected chi connectivity index (χ2v) is 4.08. The fourth-order valence-corrected chi connectivity index (χ4v) is 1.48. The second kappa shape index (κ2) is 7.71. The molecule has 0 aliphatic rings. The summed E-state index contributed by atoms with van der Waals surface area (Å²) in [5.41, 5.74) is 0. The minimum absolute atomic E-state index is 0.148. The number of carbonyl (C=O) groups excluding carboxylic acids is 1. The number of hydrogen-bond acceptors (Lipinski definition) is 2. The van der Waals surface area contributed by atoms with Crippen LogP contribution < -0.4 is 4.74 Å². The number of ether oxygens (including phenoxy) is 1. The van der Waals surface area contributed by atoms with Gasteiger partial charge in [-0.05, 0) is 18.6 Å². The van der Waals surface area contributed by atoms with Crippen molar-refractivity contribution in [3.8, 4) is 5.75 Å². The van der Waals surface area contributed by atoms with Crippen LogP contribution >= 0.6 is 0 Å². The minimum atomic E-state index is 0.148. The Labute approximate surface area is 103 Å². The average Bonchev–Trinajstić information content (AvgIpc) is 2.37. The van der Waals surface area contributed by atoms with E-state index >= 15 is 0 Å². The predicted molar refractivity (Wildman–Crippen MR) is 69.1 cm³/mol. The van der Waals surface area contributed by atoms with Gasteiger partial charge in [0.15, 0.2) is 0 Å². The molecule has 1 aromatic rings. The van der Waals surface area contributed by atoms with Gasteiger partial charge in [-0.15, -0.1) is 0 Å². The third-order valence-corrected chi connectivity index (χ3v) is 2.60. The zero-order valence-electron chi connectivity index (χ0n) is 10.7. The van der Waals surface area contributed by atoms with E-state index in [1.165, 1.54) is 0 Å². The standard InChI is InChI=1S/C14H21NO2/c1-3-4-11-15(2)14(16)10-12-17-13-8-6-5-7-9-13/h5-9H,3-4,10-12H2,1-2H3. The van der Waals surface area contributed by atoms with Gasteiger partial charge in [0.25, 0.3) is 0 Å². The van der Waals surface area contributed by atoms with Crippen LogP contribution in [0.4, 0.5) is 0 Å². The molecular formula is C14H21NO2. The summed E-state index contributed by atoms with van der Waals surface area (Å²) in [6.07, 6.45) is 2.61. The first-order valence-corrected chi connectivity index (χ1v) is 6.16. The molecule has 0 bridgehead atoms. The first-order chi connectivity index (χ1) is 8.24. The van der Waals surface area contributed by atoms with E-state index in [0.29, 0.717) is 13.0 Å². The van der Waals surface area contributed by atoms with Crippen molar-refractivity contribution in [3.63, 3.8) is 0 Å². The highest BCUT2D eigenvalue weighted by Crippen LogP contribution is 2.08. The zero-order chi connectivity index (χ0) is 12.5. The Morgan fingerprint density at radius 3 is 2.65 bits per heavy atom. The van der Waals surface area contributed by atoms with Crippen molar-refractivity contribution in [1.82, 2.24) is 4.90 Å². The van der Waals surface area contributed by atoms with Crippen LogP contribution in [0.1, 0.15) is 26.2 Å².